The third kappa shape index (κ3) is 5.20. The fourth-order valence-corrected chi connectivity index (χ4v) is 2.17. The molecule has 3 nitrogen and oxygen atoms in total. The van der Waals surface area contributed by atoms with Crippen LogP contribution in [0.1, 0.15) is 70.7 Å². The first kappa shape index (κ1) is 17.1. The smallest absolute Gasteiger partial charge is 0.134 e. The van der Waals surface area contributed by atoms with Gasteiger partial charge in [0.05, 0.1) is 0 Å². The van der Waals surface area contributed by atoms with Crippen LogP contribution in [0.25, 0.3) is 0 Å². The Morgan fingerprint density at radius 3 is 1.80 bits per heavy atom. The maximum Gasteiger partial charge on any atom is 0.134 e. The third-order valence-corrected chi connectivity index (χ3v) is 3.35. The van der Waals surface area contributed by atoms with E-state index in [-0.39, 0.29) is 11.0 Å². The summed E-state index contributed by atoms with van der Waals surface area (Å²) >= 11 is 0. The molecular formula is C17H31N3. The number of hydrogen-bond acceptors (Lipinski definition) is 3. The van der Waals surface area contributed by atoms with Crippen LogP contribution in [-0.4, -0.2) is 22.1 Å². The van der Waals surface area contributed by atoms with Crippen molar-refractivity contribution >= 4 is 0 Å². The van der Waals surface area contributed by atoms with Crippen LogP contribution in [0.3, 0.4) is 0 Å². The van der Waals surface area contributed by atoms with Gasteiger partial charge >= 0.3 is 0 Å². The second-order valence-electron chi connectivity index (χ2n) is 7.73. The Morgan fingerprint density at radius 1 is 0.900 bits per heavy atom. The Labute approximate surface area is 124 Å². The van der Waals surface area contributed by atoms with E-state index in [0.29, 0.717) is 0 Å². The summed E-state index contributed by atoms with van der Waals surface area (Å²) in [5.41, 5.74) is 3.79. The fraction of sp³-hybridized carbons (Fsp3) is 0.765. The monoisotopic (exact) mass is 277 g/mol. The molecular weight excluding hydrogens is 246 g/mol. The Hall–Kier alpha value is -0.960. The van der Waals surface area contributed by atoms with Crippen LogP contribution in [0.5, 0.6) is 0 Å². The summed E-state index contributed by atoms with van der Waals surface area (Å²) in [7, 11) is 0. The molecule has 0 spiro atoms. The largest absolute Gasteiger partial charge is 0.312 e. The molecule has 0 aliphatic rings. The van der Waals surface area contributed by atoms with Crippen LogP contribution >= 0.6 is 0 Å². The summed E-state index contributed by atoms with van der Waals surface area (Å²) < 4.78 is 0. The molecule has 114 valence electrons. The van der Waals surface area contributed by atoms with Gasteiger partial charge in [-0.1, -0.05) is 20.8 Å². The molecule has 20 heavy (non-hydrogen) atoms. The van der Waals surface area contributed by atoms with Gasteiger partial charge in [-0.15, -0.1) is 0 Å². The number of nitrogens with one attached hydrogen (secondary N) is 1. The zero-order valence-electron chi connectivity index (χ0n) is 14.5. The summed E-state index contributed by atoms with van der Waals surface area (Å²) in [6, 6.07) is 0. The van der Waals surface area contributed by atoms with Crippen LogP contribution in [0.4, 0.5) is 0 Å². The van der Waals surface area contributed by atoms with E-state index in [1.54, 1.807) is 0 Å². The minimum absolute atomic E-state index is 0.0157. The van der Waals surface area contributed by atoms with Gasteiger partial charge in [0.2, 0.25) is 0 Å². The second-order valence-corrected chi connectivity index (χ2v) is 7.73. The SMILES string of the molecule is Cc1nc(C(C)(C)C)nc(C)c1CCCNC(C)(C)C. The average Bonchev–Trinajstić information content (AvgIpc) is 2.23. The van der Waals surface area contributed by atoms with Crippen molar-refractivity contribution in [1.29, 1.82) is 0 Å². The molecule has 0 saturated heterocycles. The van der Waals surface area contributed by atoms with Gasteiger partial charge in [0.25, 0.3) is 0 Å². The fourth-order valence-electron chi connectivity index (χ4n) is 2.17. The van der Waals surface area contributed by atoms with Crippen LogP contribution in [0.15, 0.2) is 0 Å². The van der Waals surface area contributed by atoms with Crippen molar-refractivity contribution in [3.63, 3.8) is 0 Å². The minimum Gasteiger partial charge on any atom is -0.312 e. The van der Waals surface area contributed by atoms with Gasteiger partial charge in [0, 0.05) is 22.3 Å². The number of aryl methyl sites for hydroxylation is 2. The van der Waals surface area contributed by atoms with Crippen molar-refractivity contribution in [1.82, 2.24) is 15.3 Å². The number of rotatable bonds is 4. The van der Waals surface area contributed by atoms with Crippen molar-refractivity contribution in [2.24, 2.45) is 0 Å². The first-order valence-corrected chi connectivity index (χ1v) is 7.60. The van der Waals surface area contributed by atoms with Crippen molar-refractivity contribution < 1.29 is 0 Å². The van der Waals surface area contributed by atoms with Crippen LogP contribution in [0.2, 0.25) is 0 Å². The van der Waals surface area contributed by atoms with Gasteiger partial charge in [0.15, 0.2) is 0 Å². The van der Waals surface area contributed by atoms with Crippen molar-refractivity contribution in [3.8, 4) is 0 Å². The molecule has 0 radical (unpaired) electrons. The molecule has 0 aromatic carbocycles. The second kappa shape index (κ2) is 6.21. The Kier molecular flexibility index (Phi) is 5.31. The van der Waals surface area contributed by atoms with E-state index in [4.69, 9.17) is 9.97 Å². The Morgan fingerprint density at radius 2 is 1.40 bits per heavy atom. The van der Waals surface area contributed by atoms with E-state index >= 15 is 0 Å². The van der Waals surface area contributed by atoms with Crippen LogP contribution in [-0.2, 0) is 11.8 Å². The molecule has 3 heteroatoms. The molecule has 0 amide bonds. The molecule has 0 bridgehead atoms. The first-order chi connectivity index (χ1) is 9.00. The lowest BCUT2D eigenvalue weighted by atomic mass is 9.94. The van der Waals surface area contributed by atoms with Gasteiger partial charge in [-0.05, 0) is 59.6 Å². The molecule has 0 aliphatic heterocycles. The first-order valence-electron chi connectivity index (χ1n) is 7.60. The molecule has 0 atom stereocenters. The molecule has 1 N–H and O–H groups in total. The van der Waals surface area contributed by atoms with E-state index in [9.17, 15) is 0 Å². The summed E-state index contributed by atoms with van der Waals surface area (Å²) in [4.78, 5) is 9.40. The molecule has 0 saturated carbocycles. The lowest BCUT2D eigenvalue weighted by Crippen LogP contribution is -2.36. The summed E-state index contributed by atoms with van der Waals surface area (Å²) in [5, 5.41) is 3.53. The standard InChI is InChI=1S/C17H31N3/c1-12-14(10-9-11-18-17(6,7)8)13(2)20-15(19-12)16(3,4)5/h18H,9-11H2,1-8H3. The highest BCUT2D eigenvalue weighted by molar-refractivity contribution is 5.26. The predicted molar refractivity (Wildman–Crippen MR) is 86.3 cm³/mol. The maximum absolute atomic E-state index is 4.70. The molecule has 0 aliphatic carbocycles. The third-order valence-electron chi connectivity index (χ3n) is 3.35. The van der Waals surface area contributed by atoms with E-state index in [1.807, 2.05) is 0 Å². The number of nitrogens with zero attached hydrogens (tertiary/aromatic N) is 2. The van der Waals surface area contributed by atoms with Crippen molar-refractivity contribution in [2.75, 3.05) is 6.54 Å². The average molecular weight is 277 g/mol. The summed E-state index contributed by atoms with van der Waals surface area (Å²) in [6.45, 7) is 18.3. The minimum atomic E-state index is 0.0157. The van der Waals surface area contributed by atoms with E-state index in [0.717, 1.165) is 36.6 Å². The van der Waals surface area contributed by atoms with E-state index in [2.05, 4.69) is 60.7 Å². The highest BCUT2D eigenvalue weighted by Crippen LogP contribution is 2.21. The zero-order valence-corrected chi connectivity index (χ0v) is 14.5. The van der Waals surface area contributed by atoms with Crippen molar-refractivity contribution in [2.45, 2.75) is 79.2 Å². The normalized spacial score (nSPS) is 12.8. The lowest BCUT2D eigenvalue weighted by Gasteiger charge is -2.21. The number of hydrogen-bond donors (Lipinski definition) is 1. The summed E-state index contributed by atoms with van der Waals surface area (Å²) in [6.07, 6.45) is 2.17. The van der Waals surface area contributed by atoms with E-state index < -0.39 is 0 Å². The van der Waals surface area contributed by atoms with Gasteiger partial charge in [-0.2, -0.15) is 0 Å². The topological polar surface area (TPSA) is 37.8 Å². The van der Waals surface area contributed by atoms with Crippen LogP contribution in [0, 0.1) is 13.8 Å². The quantitative estimate of drug-likeness (QED) is 0.853. The van der Waals surface area contributed by atoms with Gasteiger partial charge in [0.1, 0.15) is 5.82 Å². The molecule has 0 fully saturated rings. The zero-order chi connectivity index (χ0) is 15.6. The van der Waals surface area contributed by atoms with Gasteiger partial charge in [-0.3, -0.25) is 0 Å². The maximum atomic E-state index is 4.70. The van der Waals surface area contributed by atoms with Gasteiger partial charge < -0.3 is 5.32 Å². The highest BCUT2D eigenvalue weighted by Gasteiger charge is 2.19. The van der Waals surface area contributed by atoms with E-state index in [1.165, 1.54) is 5.56 Å². The molecule has 0 unspecified atom stereocenters. The molecule has 1 aromatic rings. The molecule has 1 aromatic heterocycles. The molecule has 1 heterocycles. The van der Waals surface area contributed by atoms with Crippen LogP contribution < -0.4 is 5.32 Å². The van der Waals surface area contributed by atoms with Crippen molar-refractivity contribution in [3.05, 3.63) is 22.8 Å². The highest BCUT2D eigenvalue weighted by atomic mass is 14.9. The molecule has 1 rings (SSSR count). The predicted octanol–water partition coefficient (Wildman–Crippen LogP) is 3.71. The Bertz CT molecular complexity index is 427. The Balaban J connectivity index is 2.73. The number of aromatic nitrogens is 2. The van der Waals surface area contributed by atoms with Gasteiger partial charge in [-0.25, -0.2) is 9.97 Å². The summed E-state index contributed by atoms with van der Waals surface area (Å²) in [5.74, 6) is 0.948. The lowest BCUT2D eigenvalue weighted by molar-refractivity contribution is 0.422.